The summed E-state index contributed by atoms with van der Waals surface area (Å²) < 4.78 is 0. The maximum absolute atomic E-state index is 2.32. The molecule has 1 aromatic rings. The molecular formula is C14H16. The van der Waals surface area contributed by atoms with Gasteiger partial charge in [0, 0.05) is 0 Å². The summed E-state index contributed by atoms with van der Waals surface area (Å²) in [5, 5.41) is 0. The Morgan fingerprint density at radius 3 is 2.29 bits per heavy atom. The Kier molecular flexibility index (Phi) is 2.28. The third-order valence-corrected chi connectivity index (χ3v) is 3.13. The van der Waals surface area contributed by atoms with Crippen molar-refractivity contribution >= 4 is 5.57 Å². The lowest BCUT2D eigenvalue weighted by molar-refractivity contribution is 1.34. The van der Waals surface area contributed by atoms with Gasteiger partial charge in [0.05, 0.1) is 0 Å². The Bertz CT molecular complexity index is 419. The van der Waals surface area contributed by atoms with Crippen molar-refractivity contribution in [3.8, 4) is 0 Å². The van der Waals surface area contributed by atoms with Gasteiger partial charge in [-0.15, -0.1) is 0 Å². The fraction of sp³-hybridized carbons (Fsp3) is 0.286. The highest BCUT2D eigenvalue weighted by molar-refractivity contribution is 5.77. The van der Waals surface area contributed by atoms with Crippen LogP contribution in [0.1, 0.15) is 31.4 Å². The van der Waals surface area contributed by atoms with Crippen LogP contribution >= 0.6 is 0 Å². The lowest BCUT2D eigenvalue weighted by atomic mass is 9.97. The van der Waals surface area contributed by atoms with Crippen LogP contribution in [-0.2, 0) is 0 Å². The average Bonchev–Trinajstić information content (AvgIpc) is 2.49. The number of hydrogen-bond acceptors (Lipinski definition) is 0. The Labute approximate surface area is 86.0 Å². The van der Waals surface area contributed by atoms with Crippen molar-refractivity contribution in [1.82, 2.24) is 0 Å². The second kappa shape index (κ2) is 3.45. The summed E-state index contributed by atoms with van der Waals surface area (Å²) in [6.45, 7) is 6.60. The molecule has 0 N–H and O–H groups in total. The van der Waals surface area contributed by atoms with Crippen LogP contribution in [0.5, 0.6) is 0 Å². The van der Waals surface area contributed by atoms with Gasteiger partial charge in [0.1, 0.15) is 0 Å². The standard InChI is InChI=1S/C14H16/c1-10-8-9-14(12(10)3)13-7-5-4-6-11(13)2/h4-8H,9H2,1-3H3. The van der Waals surface area contributed by atoms with Crippen LogP contribution in [0.2, 0.25) is 0 Å². The van der Waals surface area contributed by atoms with E-state index in [4.69, 9.17) is 0 Å². The largest absolute Gasteiger partial charge is 0.0769 e. The summed E-state index contributed by atoms with van der Waals surface area (Å²) in [4.78, 5) is 0. The SMILES string of the molecule is CC1=CCC(c2ccccc2C)=C1C. The van der Waals surface area contributed by atoms with Crippen molar-refractivity contribution in [2.24, 2.45) is 0 Å². The molecule has 0 spiro atoms. The van der Waals surface area contributed by atoms with E-state index in [0.29, 0.717) is 0 Å². The molecule has 14 heavy (non-hydrogen) atoms. The van der Waals surface area contributed by atoms with Crippen LogP contribution < -0.4 is 0 Å². The summed E-state index contributed by atoms with van der Waals surface area (Å²) in [5.41, 5.74) is 7.19. The molecule has 0 heteroatoms. The highest BCUT2D eigenvalue weighted by Gasteiger charge is 2.13. The molecule has 72 valence electrons. The molecule has 1 aromatic carbocycles. The van der Waals surface area contributed by atoms with Gasteiger partial charge >= 0.3 is 0 Å². The first kappa shape index (κ1) is 9.26. The Morgan fingerprint density at radius 2 is 1.71 bits per heavy atom. The number of hydrogen-bond donors (Lipinski definition) is 0. The molecule has 1 aliphatic rings. The molecule has 0 amide bonds. The zero-order chi connectivity index (χ0) is 10.1. The van der Waals surface area contributed by atoms with Gasteiger partial charge in [-0.2, -0.15) is 0 Å². The van der Waals surface area contributed by atoms with Crippen LogP contribution in [0.15, 0.2) is 41.5 Å². The molecule has 0 unspecified atom stereocenters. The van der Waals surface area contributed by atoms with Gasteiger partial charge < -0.3 is 0 Å². The predicted molar refractivity (Wildman–Crippen MR) is 62.1 cm³/mol. The lowest BCUT2D eigenvalue weighted by Gasteiger charge is -2.08. The van der Waals surface area contributed by atoms with E-state index in [0.717, 1.165) is 6.42 Å². The van der Waals surface area contributed by atoms with Crippen LogP contribution in [0.25, 0.3) is 5.57 Å². The summed E-state index contributed by atoms with van der Waals surface area (Å²) >= 11 is 0. The summed E-state index contributed by atoms with van der Waals surface area (Å²) in [7, 11) is 0. The molecule has 0 saturated heterocycles. The van der Waals surface area contributed by atoms with Crippen molar-refractivity contribution in [3.63, 3.8) is 0 Å². The zero-order valence-electron chi connectivity index (χ0n) is 9.09. The third kappa shape index (κ3) is 1.41. The van der Waals surface area contributed by atoms with Crippen LogP contribution in [0.4, 0.5) is 0 Å². The van der Waals surface area contributed by atoms with Crippen molar-refractivity contribution in [3.05, 3.63) is 52.6 Å². The van der Waals surface area contributed by atoms with E-state index in [1.165, 1.54) is 27.8 Å². The fourth-order valence-electron chi connectivity index (χ4n) is 2.02. The quantitative estimate of drug-likeness (QED) is 0.616. The lowest BCUT2D eigenvalue weighted by Crippen LogP contribution is -1.88. The molecule has 0 radical (unpaired) electrons. The van der Waals surface area contributed by atoms with Crippen molar-refractivity contribution < 1.29 is 0 Å². The molecule has 0 saturated carbocycles. The van der Waals surface area contributed by atoms with E-state index in [-0.39, 0.29) is 0 Å². The minimum absolute atomic E-state index is 1.10. The highest BCUT2D eigenvalue weighted by Crippen LogP contribution is 2.34. The second-order valence-electron chi connectivity index (χ2n) is 4.01. The maximum atomic E-state index is 2.32. The Hall–Kier alpha value is -1.30. The number of rotatable bonds is 1. The predicted octanol–water partition coefficient (Wildman–Crippen LogP) is 4.12. The molecule has 1 aliphatic carbocycles. The maximum Gasteiger partial charge on any atom is -0.00829 e. The topological polar surface area (TPSA) is 0 Å². The highest BCUT2D eigenvalue weighted by atomic mass is 14.2. The molecule has 0 fully saturated rings. The third-order valence-electron chi connectivity index (χ3n) is 3.13. The average molecular weight is 184 g/mol. The first-order valence-electron chi connectivity index (χ1n) is 5.13. The smallest absolute Gasteiger partial charge is 0.00829 e. The van der Waals surface area contributed by atoms with Crippen LogP contribution in [-0.4, -0.2) is 0 Å². The van der Waals surface area contributed by atoms with E-state index < -0.39 is 0 Å². The zero-order valence-corrected chi connectivity index (χ0v) is 9.09. The van der Waals surface area contributed by atoms with E-state index in [2.05, 4.69) is 51.1 Å². The number of benzene rings is 1. The van der Waals surface area contributed by atoms with Crippen LogP contribution in [0, 0.1) is 6.92 Å². The first-order valence-corrected chi connectivity index (χ1v) is 5.13. The van der Waals surface area contributed by atoms with Crippen LogP contribution in [0.3, 0.4) is 0 Å². The molecule has 0 nitrogen and oxygen atoms in total. The first-order chi connectivity index (χ1) is 6.70. The van der Waals surface area contributed by atoms with E-state index >= 15 is 0 Å². The monoisotopic (exact) mass is 184 g/mol. The number of allylic oxidation sites excluding steroid dienone is 4. The Morgan fingerprint density at radius 1 is 1.00 bits per heavy atom. The normalized spacial score (nSPS) is 16.1. The van der Waals surface area contributed by atoms with E-state index in [9.17, 15) is 0 Å². The van der Waals surface area contributed by atoms with Gasteiger partial charge in [-0.25, -0.2) is 0 Å². The Balaban J connectivity index is 2.49. The van der Waals surface area contributed by atoms with Gasteiger partial charge in [-0.1, -0.05) is 35.9 Å². The van der Waals surface area contributed by atoms with Gasteiger partial charge in [0.15, 0.2) is 0 Å². The summed E-state index contributed by atoms with van der Waals surface area (Å²) in [5.74, 6) is 0. The summed E-state index contributed by atoms with van der Waals surface area (Å²) in [6.07, 6.45) is 3.42. The van der Waals surface area contributed by atoms with Gasteiger partial charge in [-0.05, 0) is 49.5 Å². The number of aryl methyl sites for hydroxylation is 1. The van der Waals surface area contributed by atoms with Gasteiger partial charge in [0.2, 0.25) is 0 Å². The molecule has 0 atom stereocenters. The molecular weight excluding hydrogens is 168 g/mol. The minimum atomic E-state index is 1.10. The van der Waals surface area contributed by atoms with Gasteiger partial charge in [0.25, 0.3) is 0 Å². The van der Waals surface area contributed by atoms with Crippen molar-refractivity contribution in [1.29, 1.82) is 0 Å². The molecule has 0 heterocycles. The fourth-order valence-corrected chi connectivity index (χ4v) is 2.02. The molecule has 0 aliphatic heterocycles. The summed E-state index contributed by atoms with van der Waals surface area (Å²) in [6, 6.07) is 8.63. The van der Waals surface area contributed by atoms with E-state index in [1.807, 2.05) is 0 Å². The van der Waals surface area contributed by atoms with Crippen molar-refractivity contribution in [2.75, 3.05) is 0 Å². The minimum Gasteiger partial charge on any atom is -0.0769 e. The molecule has 0 aromatic heterocycles. The van der Waals surface area contributed by atoms with E-state index in [1.54, 1.807) is 0 Å². The van der Waals surface area contributed by atoms with Crippen molar-refractivity contribution in [2.45, 2.75) is 27.2 Å². The van der Waals surface area contributed by atoms with Gasteiger partial charge in [-0.3, -0.25) is 0 Å². The molecule has 0 bridgehead atoms. The molecule has 2 rings (SSSR count). The second-order valence-corrected chi connectivity index (χ2v) is 4.01.